The number of amides is 4. The highest BCUT2D eigenvalue weighted by molar-refractivity contribution is 6.01. The standard InChI is InChI=1S/C35H48FN7O4/c1-5-29(44)39-31(35(47)42-17-16-41(4)20(2)19-42)21(3)24-10-13-27(26(36)18-24)38-34(46)32(30(22-6-7-22)23-8-9-23)40-33(45)28-14-15-37-43(28)25-11-12-25/h10,13-15,18,20-23,25,30-32H,5-9,11-12,16-17,19H2,1-4H3,(H,38,46)(H,39,44)(H,40,45)/t20-,21+,31-,32+/m1/s1. The lowest BCUT2D eigenvalue weighted by atomic mass is 9.88. The van der Waals surface area contributed by atoms with Gasteiger partial charge in [0.15, 0.2) is 0 Å². The molecule has 11 nitrogen and oxygen atoms in total. The molecule has 2 aromatic rings. The topological polar surface area (TPSA) is 129 Å². The van der Waals surface area contributed by atoms with Gasteiger partial charge in [0.1, 0.15) is 23.6 Å². The Kier molecular flexibility index (Phi) is 9.68. The van der Waals surface area contributed by atoms with E-state index in [2.05, 4.69) is 32.9 Å². The molecule has 1 aliphatic heterocycles. The Hall–Kier alpha value is -3.80. The minimum absolute atomic E-state index is 0.00641. The smallest absolute Gasteiger partial charge is 0.270 e. The lowest BCUT2D eigenvalue weighted by molar-refractivity contribution is -0.139. The number of nitrogens with zero attached hydrogens (tertiary/aromatic N) is 4. The van der Waals surface area contributed by atoms with E-state index in [0.717, 1.165) is 45.1 Å². The summed E-state index contributed by atoms with van der Waals surface area (Å²) < 4.78 is 17.5. The summed E-state index contributed by atoms with van der Waals surface area (Å²) in [7, 11) is 2.02. The first kappa shape index (κ1) is 33.1. The molecule has 4 atom stereocenters. The average Bonchev–Trinajstić information content (AvgIpc) is 3.93. The number of halogens is 1. The molecule has 2 heterocycles. The van der Waals surface area contributed by atoms with Crippen molar-refractivity contribution in [1.82, 2.24) is 30.2 Å². The first-order chi connectivity index (χ1) is 22.5. The van der Waals surface area contributed by atoms with Gasteiger partial charge in [0.05, 0.1) is 11.7 Å². The van der Waals surface area contributed by atoms with Crippen molar-refractivity contribution in [3.63, 3.8) is 0 Å². The zero-order chi connectivity index (χ0) is 33.4. The molecule has 12 heteroatoms. The molecule has 1 aromatic carbocycles. The SMILES string of the molecule is CCC(=O)N[C@@H](C(=O)N1CCN(C)[C@H](C)C1)[C@@H](C)c1ccc(NC(=O)[C@@H](NC(=O)c2ccnn2C2CC2)C(C2CC2)C2CC2)c(F)c1. The molecule has 0 bridgehead atoms. The maximum atomic E-state index is 15.8. The summed E-state index contributed by atoms with van der Waals surface area (Å²) in [5, 5.41) is 13.0. The van der Waals surface area contributed by atoms with Gasteiger partial charge < -0.3 is 25.8 Å². The van der Waals surface area contributed by atoms with Gasteiger partial charge in [-0.3, -0.25) is 23.9 Å². The Morgan fingerprint density at radius 1 is 0.979 bits per heavy atom. The van der Waals surface area contributed by atoms with E-state index >= 15 is 4.39 Å². The molecule has 0 radical (unpaired) electrons. The van der Waals surface area contributed by atoms with Gasteiger partial charge in [-0.05, 0) is 94.0 Å². The third-order valence-corrected chi connectivity index (χ3v) is 10.5. The summed E-state index contributed by atoms with van der Waals surface area (Å²) in [4.78, 5) is 57.5. The van der Waals surface area contributed by atoms with E-state index in [1.54, 1.807) is 41.8 Å². The van der Waals surface area contributed by atoms with Crippen molar-refractivity contribution in [2.24, 2.45) is 17.8 Å². The third kappa shape index (κ3) is 7.52. The van der Waals surface area contributed by atoms with Crippen LogP contribution >= 0.6 is 0 Å². The molecule has 1 saturated heterocycles. The molecule has 254 valence electrons. The lowest BCUT2D eigenvalue weighted by Gasteiger charge is -2.40. The van der Waals surface area contributed by atoms with Crippen LogP contribution in [0, 0.1) is 23.6 Å². The number of likely N-dealkylation sites (N-methyl/N-ethyl adjacent to an activating group) is 1. The van der Waals surface area contributed by atoms with E-state index in [4.69, 9.17) is 0 Å². The number of carbonyl (C=O) groups is 4. The summed E-state index contributed by atoms with van der Waals surface area (Å²) in [6, 6.07) is 4.92. The van der Waals surface area contributed by atoms with Crippen LogP contribution in [0.2, 0.25) is 0 Å². The van der Waals surface area contributed by atoms with Crippen LogP contribution < -0.4 is 16.0 Å². The highest BCUT2D eigenvalue weighted by Gasteiger charge is 2.48. The quantitative estimate of drug-likeness (QED) is 0.304. The summed E-state index contributed by atoms with van der Waals surface area (Å²) in [6.45, 7) is 7.41. The second-order valence-corrected chi connectivity index (χ2v) is 14.1. The Labute approximate surface area is 276 Å². The molecule has 4 fully saturated rings. The summed E-state index contributed by atoms with van der Waals surface area (Å²) in [6.07, 6.45) is 7.84. The van der Waals surface area contributed by atoms with Crippen molar-refractivity contribution in [1.29, 1.82) is 0 Å². The van der Waals surface area contributed by atoms with Gasteiger partial charge in [-0.2, -0.15) is 5.10 Å². The average molecular weight is 650 g/mol. The molecule has 0 unspecified atom stereocenters. The number of anilines is 1. The van der Waals surface area contributed by atoms with Crippen LogP contribution in [0.5, 0.6) is 0 Å². The second-order valence-electron chi connectivity index (χ2n) is 14.1. The van der Waals surface area contributed by atoms with Crippen molar-refractivity contribution in [2.75, 3.05) is 32.0 Å². The molecule has 47 heavy (non-hydrogen) atoms. The molecule has 3 N–H and O–H groups in total. The minimum atomic E-state index is -0.862. The van der Waals surface area contributed by atoms with Gasteiger partial charge in [-0.15, -0.1) is 0 Å². The number of hydrogen-bond donors (Lipinski definition) is 3. The monoisotopic (exact) mass is 649 g/mol. The maximum Gasteiger partial charge on any atom is 0.270 e. The van der Waals surface area contributed by atoms with Crippen LogP contribution in [-0.2, 0) is 14.4 Å². The third-order valence-electron chi connectivity index (χ3n) is 10.5. The van der Waals surface area contributed by atoms with Gasteiger partial charge >= 0.3 is 0 Å². The van der Waals surface area contributed by atoms with Crippen LogP contribution in [0.1, 0.15) is 93.7 Å². The Balaban J connectivity index is 1.19. The Morgan fingerprint density at radius 3 is 2.28 bits per heavy atom. The largest absolute Gasteiger partial charge is 0.344 e. The first-order valence-electron chi connectivity index (χ1n) is 17.3. The fourth-order valence-corrected chi connectivity index (χ4v) is 6.99. The minimum Gasteiger partial charge on any atom is -0.344 e. The Morgan fingerprint density at radius 2 is 1.68 bits per heavy atom. The van der Waals surface area contributed by atoms with Crippen molar-refractivity contribution in [2.45, 2.75) is 95.8 Å². The summed E-state index contributed by atoms with van der Waals surface area (Å²) in [5.41, 5.74) is 0.974. The van der Waals surface area contributed by atoms with E-state index in [0.29, 0.717) is 36.2 Å². The second kappa shape index (κ2) is 13.7. The van der Waals surface area contributed by atoms with E-state index in [-0.39, 0.29) is 47.8 Å². The van der Waals surface area contributed by atoms with Gasteiger partial charge in [-0.1, -0.05) is 19.9 Å². The van der Waals surface area contributed by atoms with Crippen molar-refractivity contribution < 1.29 is 23.6 Å². The van der Waals surface area contributed by atoms with Crippen LogP contribution in [-0.4, -0.2) is 88.0 Å². The molecule has 4 amide bonds. The van der Waals surface area contributed by atoms with E-state index in [1.807, 2.05) is 7.05 Å². The predicted octanol–water partition coefficient (Wildman–Crippen LogP) is 3.69. The highest BCUT2D eigenvalue weighted by atomic mass is 19.1. The highest BCUT2D eigenvalue weighted by Crippen LogP contribution is 2.51. The molecule has 1 aromatic heterocycles. The summed E-state index contributed by atoms with van der Waals surface area (Å²) in [5.74, 6) is -1.69. The van der Waals surface area contributed by atoms with E-state index in [1.165, 1.54) is 12.1 Å². The molecule has 6 rings (SSSR count). The van der Waals surface area contributed by atoms with Gasteiger partial charge in [0.25, 0.3) is 5.91 Å². The predicted molar refractivity (Wildman–Crippen MR) is 175 cm³/mol. The fourth-order valence-electron chi connectivity index (χ4n) is 6.99. The number of hydrogen-bond acceptors (Lipinski definition) is 6. The number of piperazine rings is 1. The van der Waals surface area contributed by atoms with Crippen LogP contribution in [0.15, 0.2) is 30.5 Å². The van der Waals surface area contributed by atoms with Crippen LogP contribution in [0.25, 0.3) is 0 Å². The number of carbonyl (C=O) groups excluding carboxylic acids is 4. The van der Waals surface area contributed by atoms with Crippen LogP contribution in [0.4, 0.5) is 10.1 Å². The zero-order valence-corrected chi connectivity index (χ0v) is 27.9. The van der Waals surface area contributed by atoms with Gasteiger partial charge in [0, 0.05) is 44.2 Å². The molecule has 3 saturated carbocycles. The van der Waals surface area contributed by atoms with E-state index in [9.17, 15) is 19.2 Å². The molecule has 0 spiro atoms. The first-order valence-corrected chi connectivity index (χ1v) is 17.3. The Bertz CT molecular complexity index is 1490. The number of aromatic nitrogens is 2. The van der Waals surface area contributed by atoms with Crippen molar-refractivity contribution >= 4 is 29.3 Å². The lowest BCUT2D eigenvalue weighted by Crippen LogP contribution is -2.58. The fraction of sp³-hybridized carbons (Fsp3) is 0.629. The normalized spacial score (nSPS) is 22.0. The maximum absolute atomic E-state index is 15.8. The van der Waals surface area contributed by atoms with Gasteiger partial charge in [-0.25, -0.2) is 4.39 Å². The molecule has 4 aliphatic rings. The van der Waals surface area contributed by atoms with Crippen molar-refractivity contribution in [3.05, 3.63) is 47.5 Å². The zero-order valence-electron chi connectivity index (χ0n) is 27.9. The van der Waals surface area contributed by atoms with Crippen molar-refractivity contribution in [3.8, 4) is 0 Å². The molecular formula is C35H48FN7O4. The molecular weight excluding hydrogens is 601 g/mol. The summed E-state index contributed by atoms with van der Waals surface area (Å²) >= 11 is 0. The van der Waals surface area contributed by atoms with Crippen LogP contribution in [0.3, 0.4) is 0 Å². The van der Waals surface area contributed by atoms with Gasteiger partial charge in [0.2, 0.25) is 17.7 Å². The molecule has 3 aliphatic carbocycles. The van der Waals surface area contributed by atoms with E-state index < -0.39 is 29.7 Å². The number of nitrogens with one attached hydrogen (secondary N) is 3. The number of benzene rings is 1. The number of rotatable bonds is 13.